The van der Waals surface area contributed by atoms with Crippen LogP contribution in [-0.2, 0) is 6.42 Å². The van der Waals surface area contributed by atoms with Crippen LogP contribution in [-0.4, -0.2) is 41.8 Å². The Kier molecular flexibility index (Phi) is 7.91. The van der Waals surface area contributed by atoms with E-state index in [9.17, 15) is 14.3 Å². The largest absolute Gasteiger partial charge is 0.488 e. The number of ether oxygens (including phenoxy) is 2. The number of halogens is 1. The quantitative estimate of drug-likeness (QED) is 0.408. The number of benzene rings is 2. The number of nitrogens with one attached hydrogen (secondary N) is 1. The molecule has 7 nitrogen and oxygen atoms in total. The van der Waals surface area contributed by atoms with Crippen LogP contribution in [0.25, 0.3) is 0 Å². The zero-order valence-electron chi connectivity index (χ0n) is 16.8. The highest BCUT2D eigenvalue weighted by molar-refractivity contribution is 5.92. The molecule has 0 aliphatic carbocycles. The number of hydrogen-bond acceptors (Lipinski definition) is 6. The molecule has 0 aliphatic heterocycles. The Morgan fingerprint density at radius 2 is 1.90 bits per heavy atom. The molecule has 0 unspecified atom stereocenters. The first-order valence-corrected chi connectivity index (χ1v) is 9.80. The molecule has 162 valence electrons. The van der Waals surface area contributed by atoms with Crippen molar-refractivity contribution in [1.29, 1.82) is 0 Å². The van der Waals surface area contributed by atoms with Gasteiger partial charge in [-0.05, 0) is 48.9 Å². The number of para-hydroxylation sites is 1. The number of carbonyl (C=O) groups is 1. The average molecular weight is 425 g/mol. The number of carbonyl (C=O) groups excluding carboxylic acids is 1. The Bertz CT molecular complexity index is 981. The summed E-state index contributed by atoms with van der Waals surface area (Å²) in [5.74, 6) is 0.126. The van der Waals surface area contributed by atoms with Gasteiger partial charge in [-0.15, -0.1) is 0 Å². The van der Waals surface area contributed by atoms with Crippen LogP contribution in [0, 0.1) is 5.82 Å². The van der Waals surface area contributed by atoms with E-state index in [1.165, 1.54) is 18.3 Å². The summed E-state index contributed by atoms with van der Waals surface area (Å²) in [6, 6.07) is 16.8. The van der Waals surface area contributed by atoms with Gasteiger partial charge >= 0.3 is 0 Å². The van der Waals surface area contributed by atoms with E-state index >= 15 is 0 Å². The van der Waals surface area contributed by atoms with Crippen LogP contribution in [0.3, 0.4) is 0 Å². The summed E-state index contributed by atoms with van der Waals surface area (Å²) in [4.78, 5) is 15.1. The lowest BCUT2D eigenvalue weighted by Crippen LogP contribution is -2.32. The number of aromatic nitrogens is 1. The number of primary amides is 1. The molecule has 1 heterocycles. The Hall–Kier alpha value is -3.49. The van der Waals surface area contributed by atoms with Gasteiger partial charge in [0.15, 0.2) is 11.6 Å². The van der Waals surface area contributed by atoms with Crippen molar-refractivity contribution in [2.45, 2.75) is 12.5 Å². The van der Waals surface area contributed by atoms with E-state index in [1.807, 2.05) is 24.3 Å². The highest BCUT2D eigenvalue weighted by Gasteiger charge is 2.08. The van der Waals surface area contributed by atoms with E-state index in [0.717, 1.165) is 12.0 Å². The summed E-state index contributed by atoms with van der Waals surface area (Å²) in [5, 5.41) is 13.1. The van der Waals surface area contributed by atoms with Crippen molar-refractivity contribution >= 4 is 5.91 Å². The maximum atomic E-state index is 13.5. The van der Waals surface area contributed by atoms with Crippen molar-refractivity contribution in [3.63, 3.8) is 0 Å². The first-order valence-electron chi connectivity index (χ1n) is 9.80. The zero-order chi connectivity index (χ0) is 22.1. The molecule has 0 spiro atoms. The third-order valence-corrected chi connectivity index (χ3v) is 4.40. The third-order valence-electron chi connectivity index (χ3n) is 4.40. The van der Waals surface area contributed by atoms with Gasteiger partial charge in [0.1, 0.15) is 18.5 Å². The molecule has 31 heavy (non-hydrogen) atoms. The number of nitrogens with two attached hydrogens (primary N) is 1. The first kappa shape index (κ1) is 22.2. The van der Waals surface area contributed by atoms with Crippen LogP contribution < -0.4 is 20.5 Å². The lowest BCUT2D eigenvalue weighted by atomic mass is 10.1. The van der Waals surface area contributed by atoms with Crippen LogP contribution >= 0.6 is 0 Å². The van der Waals surface area contributed by atoms with Crippen molar-refractivity contribution in [2.24, 2.45) is 5.73 Å². The summed E-state index contributed by atoms with van der Waals surface area (Å²) in [6.45, 7) is 1.00. The van der Waals surface area contributed by atoms with Gasteiger partial charge in [0, 0.05) is 18.8 Å². The number of pyridine rings is 1. The van der Waals surface area contributed by atoms with Gasteiger partial charge in [-0.3, -0.25) is 4.79 Å². The van der Waals surface area contributed by atoms with Gasteiger partial charge in [-0.1, -0.05) is 24.3 Å². The zero-order valence-corrected chi connectivity index (χ0v) is 16.8. The van der Waals surface area contributed by atoms with Crippen molar-refractivity contribution in [2.75, 3.05) is 19.7 Å². The number of aliphatic hydroxyl groups is 1. The predicted molar refractivity (Wildman–Crippen MR) is 114 cm³/mol. The van der Waals surface area contributed by atoms with Gasteiger partial charge in [0.05, 0.1) is 5.56 Å². The van der Waals surface area contributed by atoms with E-state index in [4.69, 9.17) is 15.2 Å². The Morgan fingerprint density at radius 1 is 1.13 bits per heavy atom. The second-order valence-electron chi connectivity index (χ2n) is 6.84. The van der Waals surface area contributed by atoms with E-state index < -0.39 is 17.8 Å². The normalized spacial score (nSPS) is 11.7. The lowest BCUT2D eigenvalue weighted by Gasteiger charge is -2.13. The molecule has 8 heteroatoms. The van der Waals surface area contributed by atoms with Gasteiger partial charge in [-0.25, -0.2) is 9.37 Å². The molecule has 1 amide bonds. The number of amides is 1. The average Bonchev–Trinajstić information content (AvgIpc) is 2.77. The second-order valence-corrected chi connectivity index (χ2v) is 6.84. The predicted octanol–water partition coefficient (Wildman–Crippen LogP) is 2.68. The van der Waals surface area contributed by atoms with Crippen molar-refractivity contribution in [1.82, 2.24) is 10.3 Å². The molecule has 0 aliphatic rings. The highest BCUT2D eigenvalue weighted by Crippen LogP contribution is 2.20. The number of rotatable bonds is 11. The standard InChI is InChI=1S/C23H24FN3O4/c24-20-3-1-2-4-21(20)30-15-18(28)14-26-12-11-16-5-8-19(9-6-16)31-22-10-7-17(13-27-22)23(25)29/h1-10,13,18,26,28H,11-12,14-15H2,(H2,25,29)/t18-/m0/s1. The molecule has 0 saturated heterocycles. The minimum Gasteiger partial charge on any atom is -0.488 e. The summed E-state index contributed by atoms with van der Waals surface area (Å²) >= 11 is 0. The molecular formula is C23H24FN3O4. The monoisotopic (exact) mass is 425 g/mol. The van der Waals surface area contributed by atoms with E-state index in [0.29, 0.717) is 30.3 Å². The number of aliphatic hydroxyl groups excluding tert-OH is 1. The first-order chi connectivity index (χ1) is 15.0. The van der Waals surface area contributed by atoms with Gasteiger partial charge in [-0.2, -0.15) is 0 Å². The molecule has 0 bridgehead atoms. The number of hydrogen-bond donors (Lipinski definition) is 3. The summed E-state index contributed by atoms with van der Waals surface area (Å²) < 4.78 is 24.4. The molecule has 0 radical (unpaired) electrons. The molecule has 1 atom stereocenters. The molecule has 0 saturated carbocycles. The molecule has 4 N–H and O–H groups in total. The van der Waals surface area contributed by atoms with E-state index in [-0.39, 0.29) is 12.4 Å². The Labute approximate surface area is 179 Å². The topological polar surface area (TPSA) is 107 Å². The summed E-state index contributed by atoms with van der Waals surface area (Å²) in [5.41, 5.74) is 6.60. The Balaban J connectivity index is 1.36. The van der Waals surface area contributed by atoms with Crippen LogP contribution in [0.15, 0.2) is 66.9 Å². The van der Waals surface area contributed by atoms with E-state index in [2.05, 4.69) is 10.3 Å². The smallest absolute Gasteiger partial charge is 0.250 e. The third kappa shape index (κ3) is 7.06. The highest BCUT2D eigenvalue weighted by atomic mass is 19.1. The van der Waals surface area contributed by atoms with Crippen LogP contribution in [0.5, 0.6) is 17.4 Å². The molecule has 0 fully saturated rings. The maximum absolute atomic E-state index is 13.5. The summed E-state index contributed by atoms with van der Waals surface area (Å²) in [6.07, 6.45) is 1.38. The molecular weight excluding hydrogens is 401 g/mol. The van der Waals surface area contributed by atoms with Crippen LogP contribution in [0.1, 0.15) is 15.9 Å². The van der Waals surface area contributed by atoms with Crippen LogP contribution in [0.4, 0.5) is 4.39 Å². The van der Waals surface area contributed by atoms with Crippen molar-refractivity contribution in [3.05, 3.63) is 83.8 Å². The van der Waals surface area contributed by atoms with Gasteiger partial charge in [0.2, 0.25) is 11.8 Å². The van der Waals surface area contributed by atoms with Crippen molar-refractivity contribution < 1.29 is 23.8 Å². The van der Waals surface area contributed by atoms with Crippen molar-refractivity contribution in [3.8, 4) is 17.4 Å². The Morgan fingerprint density at radius 3 is 2.58 bits per heavy atom. The van der Waals surface area contributed by atoms with Gasteiger partial charge < -0.3 is 25.6 Å². The van der Waals surface area contributed by atoms with Crippen LogP contribution in [0.2, 0.25) is 0 Å². The lowest BCUT2D eigenvalue weighted by molar-refractivity contribution is 0.0999. The molecule has 2 aromatic carbocycles. The van der Waals surface area contributed by atoms with Gasteiger partial charge in [0.25, 0.3) is 0 Å². The molecule has 1 aromatic heterocycles. The number of nitrogens with zero attached hydrogens (tertiary/aromatic N) is 1. The maximum Gasteiger partial charge on any atom is 0.250 e. The fourth-order valence-electron chi connectivity index (χ4n) is 2.74. The minimum atomic E-state index is -0.746. The summed E-state index contributed by atoms with van der Waals surface area (Å²) in [7, 11) is 0. The minimum absolute atomic E-state index is 0.00836. The molecule has 3 rings (SSSR count). The second kappa shape index (κ2) is 11.1. The van der Waals surface area contributed by atoms with E-state index in [1.54, 1.807) is 24.3 Å². The fraction of sp³-hybridized carbons (Fsp3) is 0.217. The fourth-order valence-corrected chi connectivity index (χ4v) is 2.74. The molecule has 3 aromatic rings. The SMILES string of the molecule is NC(=O)c1ccc(Oc2ccc(CCNC[C@H](O)COc3ccccc3F)cc2)nc1.